The number of hydrogen-bond donors (Lipinski definition) is 2. The molecule has 2 heterocycles. The van der Waals surface area contributed by atoms with Crippen LogP contribution in [0.2, 0.25) is 10.0 Å². The molecule has 174 valence electrons. The summed E-state index contributed by atoms with van der Waals surface area (Å²) in [6.45, 7) is 1.86. The molecule has 0 spiro atoms. The van der Waals surface area contributed by atoms with E-state index in [9.17, 15) is 4.79 Å². The molecule has 9 heteroatoms. The molecule has 2 N–H and O–H groups in total. The van der Waals surface area contributed by atoms with Gasteiger partial charge in [0.1, 0.15) is 5.92 Å². The maximum atomic E-state index is 13.8. The number of para-hydroxylation sites is 1. The topological polar surface area (TPSA) is 62.8 Å². The van der Waals surface area contributed by atoms with Crippen LogP contribution in [0.5, 0.6) is 11.5 Å². The van der Waals surface area contributed by atoms with E-state index in [0.717, 1.165) is 11.3 Å². The van der Waals surface area contributed by atoms with Crippen LogP contribution >= 0.6 is 35.4 Å². The highest BCUT2D eigenvalue weighted by atomic mass is 35.5. The molecule has 3 atom stereocenters. The fourth-order valence-electron chi connectivity index (χ4n) is 4.66. The van der Waals surface area contributed by atoms with Gasteiger partial charge >= 0.3 is 0 Å². The maximum absolute atomic E-state index is 13.8. The van der Waals surface area contributed by atoms with Crippen molar-refractivity contribution in [1.29, 1.82) is 0 Å². The number of hydrogen-bond acceptors (Lipinski definition) is 4. The number of carbonyl (C=O) groups excluding carboxylic acids is 1. The smallest absolute Gasteiger partial charge is 0.236 e. The number of thiocarbonyl (C=S) groups is 1. The molecular weight excluding hydrogens is 493 g/mol. The number of ether oxygens (including phenoxy) is 2. The van der Waals surface area contributed by atoms with E-state index >= 15 is 0 Å². The van der Waals surface area contributed by atoms with E-state index in [2.05, 4.69) is 10.6 Å². The van der Waals surface area contributed by atoms with Crippen LogP contribution in [-0.4, -0.2) is 23.9 Å². The molecule has 0 radical (unpaired) electrons. The molecule has 0 aliphatic carbocycles. The Morgan fingerprint density at radius 1 is 1.09 bits per heavy atom. The van der Waals surface area contributed by atoms with Crippen molar-refractivity contribution in [1.82, 2.24) is 5.32 Å². The van der Waals surface area contributed by atoms with Gasteiger partial charge in [-0.2, -0.15) is 0 Å². The summed E-state index contributed by atoms with van der Waals surface area (Å²) >= 11 is 17.9. The zero-order valence-corrected chi connectivity index (χ0v) is 20.7. The van der Waals surface area contributed by atoms with Crippen LogP contribution in [0.3, 0.4) is 0 Å². The second kappa shape index (κ2) is 8.65. The SMILES string of the molecule is COc1cccc2c1OC1(C)C(C(=O)Nc3ccc(Cl)cc3)C2NC(=S)N1c1ccc(Cl)cc1. The lowest BCUT2D eigenvalue weighted by atomic mass is 9.78. The van der Waals surface area contributed by atoms with Crippen molar-refractivity contribution in [3.05, 3.63) is 82.3 Å². The third kappa shape index (κ3) is 3.74. The molecule has 0 aromatic heterocycles. The van der Waals surface area contributed by atoms with Crippen molar-refractivity contribution in [2.24, 2.45) is 5.92 Å². The molecular formula is C25H21Cl2N3O3S. The van der Waals surface area contributed by atoms with Gasteiger partial charge in [0.05, 0.1) is 13.2 Å². The Kier molecular flexibility index (Phi) is 5.80. The highest BCUT2D eigenvalue weighted by Gasteiger charge is 2.59. The number of anilines is 2. The van der Waals surface area contributed by atoms with Gasteiger partial charge in [-0.25, -0.2) is 0 Å². The average molecular weight is 514 g/mol. The summed E-state index contributed by atoms with van der Waals surface area (Å²) in [5.74, 6) is 0.250. The van der Waals surface area contributed by atoms with Gasteiger partial charge in [0.25, 0.3) is 0 Å². The van der Waals surface area contributed by atoms with Crippen molar-refractivity contribution < 1.29 is 14.3 Å². The Morgan fingerprint density at radius 3 is 2.38 bits per heavy atom. The molecule has 2 aliphatic rings. The van der Waals surface area contributed by atoms with E-state index in [0.29, 0.717) is 32.3 Å². The second-order valence-corrected chi connectivity index (χ2v) is 9.51. The van der Waals surface area contributed by atoms with Crippen molar-refractivity contribution in [2.75, 3.05) is 17.3 Å². The minimum Gasteiger partial charge on any atom is -0.493 e. The molecule has 1 saturated heterocycles. The van der Waals surface area contributed by atoms with Crippen LogP contribution in [-0.2, 0) is 4.79 Å². The maximum Gasteiger partial charge on any atom is 0.236 e. The standard InChI is InChI=1S/C25H21Cl2N3O3S/c1-25-20(23(31)28-16-10-6-14(26)7-11-16)21(18-4-3-5-19(32-2)22(18)33-25)29-24(34)30(25)17-12-8-15(27)9-13-17/h3-13,20-21H,1-2H3,(H,28,31)(H,29,34). The third-order valence-corrected chi connectivity index (χ3v) is 6.99. The van der Waals surface area contributed by atoms with Crippen LogP contribution in [0.1, 0.15) is 18.5 Å². The first-order chi connectivity index (χ1) is 16.3. The average Bonchev–Trinajstić information content (AvgIpc) is 2.81. The zero-order valence-electron chi connectivity index (χ0n) is 18.3. The fourth-order valence-corrected chi connectivity index (χ4v) is 5.33. The first kappa shape index (κ1) is 22.8. The zero-order chi connectivity index (χ0) is 24.0. The predicted octanol–water partition coefficient (Wildman–Crippen LogP) is 5.80. The quantitative estimate of drug-likeness (QED) is 0.429. The van der Waals surface area contributed by atoms with Gasteiger partial charge in [-0.05, 0) is 73.7 Å². The van der Waals surface area contributed by atoms with Gasteiger partial charge in [0, 0.05) is 27.0 Å². The van der Waals surface area contributed by atoms with Crippen molar-refractivity contribution in [3.63, 3.8) is 0 Å². The summed E-state index contributed by atoms with van der Waals surface area (Å²) in [4.78, 5) is 15.6. The Bertz CT molecular complexity index is 1270. The summed E-state index contributed by atoms with van der Waals surface area (Å²) in [5, 5.41) is 8.01. The van der Waals surface area contributed by atoms with E-state index in [4.69, 9.17) is 44.9 Å². The lowest BCUT2D eigenvalue weighted by Crippen LogP contribution is -2.72. The van der Waals surface area contributed by atoms with Gasteiger partial charge < -0.3 is 20.1 Å². The number of nitrogens with one attached hydrogen (secondary N) is 2. The molecule has 3 aromatic carbocycles. The van der Waals surface area contributed by atoms with Crippen molar-refractivity contribution >= 4 is 57.8 Å². The Balaban J connectivity index is 1.64. The number of nitrogens with zero attached hydrogens (tertiary/aromatic N) is 1. The van der Waals surface area contributed by atoms with Gasteiger partial charge in [-0.15, -0.1) is 0 Å². The Hall–Kier alpha value is -3.00. The number of fused-ring (bicyclic) bond motifs is 4. The van der Waals surface area contributed by atoms with Gasteiger partial charge in [0.15, 0.2) is 22.3 Å². The van der Waals surface area contributed by atoms with Gasteiger partial charge in [-0.1, -0.05) is 35.3 Å². The Morgan fingerprint density at radius 2 is 1.74 bits per heavy atom. The van der Waals surface area contributed by atoms with Crippen molar-refractivity contribution in [3.8, 4) is 11.5 Å². The number of rotatable bonds is 4. The lowest BCUT2D eigenvalue weighted by molar-refractivity contribution is -0.130. The first-order valence-corrected chi connectivity index (χ1v) is 11.8. The molecule has 1 amide bonds. The second-order valence-electron chi connectivity index (χ2n) is 8.25. The summed E-state index contributed by atoms with van der Waals surface area (Å²) in [7, 11) is 1.59. The largest absolute Gasteiger partial charge is 0.493 e. The summed E-state index contributed by atoms with van der Waals surface area (Å²) in [6, 6.07) is 19.4. The van der Waals surface area contributed by atoms with E-state index in [1.807, 2.05) is 42.2 Å². The molecule has 34 heavy (non-hydrogen) atoms. The summed E-state index contributed by atoms with van der Waals surface area (Å²) in [5.41, 5.74) is 1.00. The van der Waals surface area contributed by atoms with E-state index in [-0.39, 0.29) is 5.91 Å². The number of amides is 1. The van der Waals surface area contributed by atoms with Crippen molar-refractivity contribution in [2.45, 2.75) is 18.7 Å². The van der Waals surface area contributed by atoms with Crippen LogP contribution in [0.25, 0.3) is 0 Å². The molecule has 1 fully saturated rings. The summed E-state index contributed by atoms with van der Waals surface area (Å²) in [6.07, 6.45) is 0. The molecule has 2 bridgehead atoms. The lowest BCUT2D eigenvalue weighted by Gasteiger charge is -2.56. The van der Waals surface area contributed by atoms with Gasteiger partial charge in [0.2, 0.25) is 5.91 Å². The normalized spacial score (nSPS) is 22.8. The van der Waals surface area contributed by atoms with E-state index < -0.39 is 17.7 Å². The summed E-state index contributed by atoms with van der Waals surface area (Å²) < 4.78 is 12.2. The number of methoxy groups -OCH3 is 1. The molecule has 5 rings (SSSR count). The van der Waals surface area contributed by atoms with Crippen LogP contribution in [0, 0.1) is 5.92 Å². The Labute approximate surface area is 212 Å². The minimum absolute atomic E-state index is 0.225. The molecule has 2 aliphatic heterocycles. The van der Waals surface area contributed by atoms with E-state index in [1.165, 1.54) is 0 Å². The van der Waals surface area contributed by atoms with Crippen LogP contribution in [0.15, 0.2) is 66.7 Å². The highest BCUT2D eigenvalue weighted by Crippen LogP contribution is 2.52. The van der Waals surface area contributed by atoms with Gasteiger partial charge in [-0.3, -0.25) is 9.69 Å². The minimum atomic E-state index is -1.17. The number of benzene rings is 3. The molecule has 6 nitrogen and oxygen atoms in total. The fraction of sp³-hybridized carbons (Fsp3) is 0.200. The van der Waals surface area contributed by atoms with E-state index in [1.54, 1.807) is 43.5 Å². The van der Waals surface area contributed by atoms with Crippen LogP contribution < -0.4 is 25.0 Å². The first-order valence-electron chi connectivity index (χ1n) is 10.6. The molecule has 3 unspecified atom stereocenters. The monoisotopic (exact) mass is 513 g/mol. The number of halogens is 2. The highest BCUT2D eigenvalue weighted by molar-refractivity contribution is 7.80. The number of carbonyl (C=O) groups is 1. The third-order valence-electron chi connectivity index (χ3n) is 6.19. The molecule has 3 aromatic rings. The predicted molar refractivity (Wildman–Crippen MR) is 138 cm³/mol. The van der Waals surface area contributed by atoms with Crippen LogP contribution in [0.4, 0.5) is 11.4 Å². The molecule has 0 saturated carbocycles.